The summed E-state index contributed by atoms with van der Waals surface area (Å²) in [6.45, 7) is 5.81. The second-order valence-corrected chi connectivity index (χ2v) is 4.35. The second-order valence-electron chi connectivity index (χ2n) is 4.35. The molecule has 0 aromatic rings. The van der Waals surface area contributed by atoms with Gasteiger partial charge in [-0.1, -0.05) is 6.92 Å². The van der Waals surface area contributed by atoms with Crippen molar-refractivity contribution in [1.82, 2.24) is 15.5 Å². The molecule has 6 nitrogen and oxygen atoms in total. The first-order valence-electron chi connectivity index (χ1n) is 6.17. The van der Waals surface area contributed by atoms with Crippen molar-refractivity contribution >= 4 is 24.3 Å². The first-order valence-corrected chi connectivity index (χ1v) is 6.17. The number of halogens is 1. The molecule has 0 aromatic carbocycles. The van der Waals surface area contributed by atoms with Crippen molar-refractivity contribution in [2.24, 2.45) is 5.73 Å². The molecule has 1 atom stereocenters. The number of hydrogen-bond donors (Lipinski definition) is 3. The molecule has 4 N–H and O–H groups in total. The van der Waals surface area contributed by atoms with E-state index in [9.17, 15) is 9.59 Å². The SMILES string of the molecule is CCCN(CCC(=O)NC(N)=O)C1CCNC1.Cl. The number of nitrogens with two attached hydrogens (primary N) is 1. The molecule has 0 bridgehead atoms. The molecule has 1 rings (SSSR count). The van der Waals surface area contributed by atoms with Crippen LogP contribution in [0.5, 0.6) is 0 Å². The first-order chi connectivity index (χ1) is 8.13. The Morgan fingerprint density at radius 3 is 2.67 bits per heavy atom. The maximum atomic E-state index is 11.3. The van der Waals surface area contributed by atoms with Gasteiger partial charge in [0.1, 0.15) is 0 Å². The van der Waals surface area contributed by atoms with Crippen molar-refractivity contribution in [3.8, 4) is 0 Å². The van der Waals surface area contributed by atoms with Crippen molar-refractivity contribution in [3.05, 3.63) is 0 Å². The van der Waals surface area contributed by atoms with Gasteiger partial charge in [0.05, 0.1) is 0 Å². The van der Waals surface area contributed by atoms with E-state index in [2.05, 4.69) is 22.5 Å². The molecular weight excluding hydrogens is 256 g/mol. The zero-order valence-corrected chi connectivity index (χ0v) is 11.6. The maximum absolute atomic E-state index is 11.3. The van der Waals surface area contributed by atoms with Crippen molar-refractivity contribution in [2.45, 2.75) is 32.2 Å². The van der Waals surface area contributed by atoms with E-state index in [0.717, 1.165) is 32.5 Å². The molecule has 1 aliphatic rings. The lowest BCUT2D eigenvalue weighted by molar-refractivity contribution is -0.120. The highest BCUT2D eigenvalue weighted by atomic mass is 35.5. The Kier molecular flexibility index (Phi) is 8.70. The van der Waals surface area contributed by atoms with Crippen molar-refractivity contribution in [3.63, 3.8) is 0 Å². The lowest BCUT2D eigenvalue weighted by Crippen LogP contribution is -2.41. The molecule has 1 unspecified atom stereocenters. The molecule has 0 saturated carbocycles. The van der Waals surface area contributed by atoms with E-state index in [1.54, 1.807) is 0 Å². The Bertz CT molecular complexity index is 270. The average molecular weight is 279 g/mol. The number of urea groups is 1. The lowest BCUT2D eigenvalue weighted by Gasteiger charge is -2.27. The van der Waals surface area contributed by atoms with Gasteiger partial charge in [-0.25, -0.2) is 4.79 Å². The molecule has 3 amide bonds. The van der Waals surface area contributed by atoms with E-state index in [0.29, 0.717) is 19.0 Å². The summed E-state index contributed by atoms with van der Waals surface area (Å²) in [5.74, 6) is -0.301. The van der Waals surface area contributed by atoms with Gasteiger partial charge in [-0.05, 0) is 25.9 Å². The number of carbonyl (C=O) groups excluding carboxylic acids is 2. The molecule has 18 heavy (non-hydrogen) atoms. The van der Waals surface area contributed by atoms with Crippen LogP contribution < -0.4 is 16.4 Å². The van der Waals surface area contributed by atoms with Crippen LogP contribution in [0.2, 0.25) is 0 Å². The molecule has 0 aliphatic carbocycles. The van der Waals surface area contributed by atoms with Crippen LogP contribution in [0.1, 0.15) is 26.2 Å². The quantitative estimate of drug-likeness (QED) is 0.641. The van der Waals surface area contributed by atoms with E-state index in [1.807, 2.05) is 0 Å². The molecule has 0 radical (unpaired) electrons. The molecule has 1 heterocycles. The molecule has 1 saturated heterocycles. The van der Waals surface area contributed by atoms with Crippen LogP contribution in [-0.2, 0) is 4.79 Å². The highest BCUT2D eigenvalue weighted by Gasteiger charge is 2.21. The van der Waals surface area contributed by atoms with E-state index in [-0.39, 0.29) is 18.3 Å². The Labute approximate surface area is 114 Å². The van der Waals surface area contributed by atoms with E-state index in [4.69, 9.17) is 5.73 Å². The third-order valence-electron chi connectivity index (χ3n) is 2.95. The highest BCUT2D eigenvalue weighted by Crippen LogP contribution is 2.09. The predicted octanol–water partition coefficient (Wildman–Crippen LogP) is 0.0671. The van der Waals surface area contributed by atoms with Gasteiger partial charge in [-0.2, -0.15) is 0 Å². The van der Waals surface area contributed by atoms with Crippen LogP contribution in [0.3, 0.4) is 0 Å². The minimum Gasteiger partial charge on any atom is -0.351 e. The molecule has 106 valence electrons. The molecular formula is C11H23ClN4O2. The van der Waals surface area contributed by atoms with Crippen molar-refractivity contribution in [2.75, 3.05) is 26.2 Å². The standard InChI is InChI=1S/C11H22N4O2.ClH/c1-2-6-15(9-3-5-13-8-9)7-4-10(16)14-11(12)17;/h9,13H,2-8H2,1H3,(H3,12,14,16,17);1H. The van der Waals surface area contributed by atoms with Gasteiger partial charge in [-0.3, -0.25) is 15.0 Å². The number of nitrogens with zero attached hydrogens (tertiary/aromatic N) is 1. The van der Waals surface area contributed by atoms with Gasteiger partial charge in [0, 0.05) is 25.6 Å². The van der Waals surface area contributed by atoms with Crippen LogP contribution in [0.15, 0.2) is 0 Å². The van der Waals surface area contributed by atoms with Crippen LogP contribution in [0.25, 0.3) is 0 Å². The summed E-state index contributed by atoms with van der Waals surface area (Å²) in [4.78, 5) is 24.1. The number of rotatable bonds is 6. The van der Waals surface area contributed by atoms with Crippen molar-refractivity contribution < 1.29 is 9.59 Å². The Morgan fingerprint density at radius 1 is 1.44 bits per heavy atom. The topological polar surface area (TPSA) is 87.5 Å². The van der Waals surface area contributed by atoms with Crippen LogP contribution in [0, 0.1) is 0 Å². The van der Waals surface area contributed by atoms with Gasteiger partial charge >= 0.3 is 6.03 Å². The Hall–Kier alpha value is -0.850. The van der Waals surface area contributed by atoms with Crippen LogP contribution in [0.4, 0.5) is 4.79 Å². The average Bonchev–Trinajstić information content (AvgIpc) is 2.76. The van der Waals surface area contributed by atoms with Gasteiger partial charge in [-0.15, -0.1) is 12.4 Å². The van der Waals surface area contributed by atoms with E-state index in [1.165, 1.54) is 0 Å². The van der Waals surface area contributed by atoms with Crippen LogP contribution in [-0.4, -0.2) is 49.1 Å². The van der Waals surface area contributed by atoms with Gasteiger partial charge < -0.3 is 11.1 Å². The fourth-order valence-corrected chi connectivity index (χ4v) is 2.16. The largest absolute Gasteiger partial charge is 0.351 e. The molecule has 0 spiro atoms. The summed E-state index contributed by atoms with van der Waals surface area (Å²) in [6.07, 6.45) is 2.50. The fourth-order valence-electron chi connectivity index (χ4n) is 2.16. The monoisotopic (exact) mass is 278 g/mol. The summed E-state index contributed by atoms with van der Waals surface area (Å²) in [7, 11) is 0. The number of hydrogen-bond acceptors (Lipinski definition) is 4. The first kappa shape index (κ1) is 17.2. The second kappa shape index (κ2) is 9.13. The lowest BCUT2D eigenvalue weighted by atomic mass is 10.2. The minimum atomic E-state index is -0.778. The molecule has 1 aliphatic heterocycles. The molecule has 1 fully saturated rings. The summed E-state index contributed by atoms with van der Waals surface area (Å²) < 4.78 is 0. The minimum absolute atomic E-state index is 0. The van der Waals surface area contributed by atoms with E-state index < -0.39 is 6.03 Å². The number of amides is 3. The van der Waals surface area contributed by atoms with Crippen LogP contribution >= 0.6 is 12.4 Å². The fraction of sp³-hybridized carbons (Fsp3) is 0.818. The number of imide groups is 1. The summed E-state index contributed by atoms with van der Waals surface area (Å²) >= 11 is 0. The Balaban J connectivity index is 0.00000289. The smallest absolute Gasteiger partial charge is 0.318 e. The third kappa shape index (κ3) is 6.18. The van der Waals surface area contributed by atoms with Crippen molar-refractivity contribution in [1.29, 1.82) is 0 Å². The third-order valence-corrected chi connectivity index (χ3v) is 2.95. The predicted molar refractivity (Wildman–Crippen MR) is 72.7 cm³/mol. The van der Waals surface area contributed by atoms with E-state index >= 15 is 0 Å². The summed E-state index contributed by atoms with van der Waals surface area (Å²) in [6, 6.07) is -0.268. The number of nitrogens with one attached hydrogen (secondary N) is 2. The molecule has 7 heteroatoms. The van der Waals surface area contributed by atoms with Gasteiger partial charge in [0.15, 0.2) is 0 Å². The maximum Gasteiger partial charge on any atom is 0.318 e. The summed E-state index contributed by atoms with van der Waals surface area (Å²) in [5.41, 5.74) is 4.89. The zero-order chi connectivity index (χ0) is 12.7. The molecule has 0 aromatic heterocycles. The van der Waals surface area contributed by atoms with Gasteiger partial charge in [0.2, 0.25) is 5.91 Å². The Morgan fingerprint density at radius 2 is 2.17 bits per heavy atom. The van der Waals surface area contributed by atoms with Gasteiger partial charge in [0.25, 0.3) is 0 Å². The zero-order valence-electron chi connectivity index (χ0n) is 10.8. The summed E-state index contributed by atoms with van der Waals surface area (Å²) in [5, 5.41) is 5.40. The highest BCUT2D eigenvalue weighted by molar-refractivity contribution is 5.93. The normalized spacial score (nSPS) is 18.4. The number of primary amides is 1. The number of carbonyl (C=O) groups is 2.